The predicted octanol–water partition coefficient (Wildman–Crippen LogP) is 4.74. The van der Waals surface area contributed by atoms with Gasteiger partial charge in [0.25, 0.3) is 21.6 Å². The first-order chi connectivity index (χ1) is 19.2. The largest absolute Gasteiger partial charge is 0.378 e. The number of carbonyl (C=O) groups is 1. The van der Waals surface area contributed by atoms with Crippen LogP contribution in [0.15, 0.2) is 65.6 Å². The van der Waals surface area contributed by atoms with Crippen LogP contribution in [0.5, 0.6) is 0 Å². The zero-order valence-corrected chi connectivity index (χ0v) is 23.1. The fraction of sp³-hybridized carbons (Fsp3) is 0.296. The van der Waals surface area contributed by atoms with Gasteiger partial charge in [0.05, 0.1) is 45.1 Å². The molecular weight excluding hydrogens is 558 g/mol. The molecule has 210 valence electrons. The molecule has 3 aromatic rings. The van der Waals surface area contributed by atoms with Crippen molar-refractivity contribution >= 4 is 56.0 Å². The summed E-state index contributed by atoms with van der Waals surface area (Å²) < 4.78 is 34.4. The van der Waals surface area contributed by atoms with Crippen molar-refractivity contribution in [1.82, 2.24) is 0 Å². The molecule has 0 spiro atoms. The maximum Gasteiger partial charge on any atom is 0.293 e. The highest BCUT2D eigenvalue weighted by molar-refractivity contribution is 7.92. The molecule has 13 heteroatoms. The first kappa shape index (κ1) is 27.7. The molecule has 3 aromatic carbocycles. The second-order valence-electron chi connectivity index (χ2n) is 9.47. The van der Waals surface area contributed by atoms with Gasteiger partial charge < -0.3 is 19.9 Å². The molecule has 2 heterocycles. The third-order valence-corrected chi connectivity index (χ3v) is 8.57. The monoisotopic (exact) mass is 585 g/mol. The third kappa shape index (κ3) is 5.98. The molecule has 1 amide bonds. The summed E-state index contributed by atoms with van der Waals surface area (Å²) in [6.45, 7) is 3.49. The fourth-order valence-corrected chi connectivity index (χ4v) is 6.19. The molecule has 0 atom stereocenters. The summed E-state index contributed by atoms with van der Waals surface area (Å²) in [4.78, 5) is 28.6. The predicted molar refractivity (Wildman–Crippen MR) is 154 cm³/mol. The van der Waals surface area contributed by atoms with Gasteiger partial charge in [0.2, 0.25) is 0 Å². The van der Waals surface area contributed by atoms with Crippen LogP contribution in [-0.4, -0.2) is 58.6 Å². The van der Waals surface area contributed by atoms with Crippen molar-refractivity contribution in [1.29, 1.82) is 0 Å². The molecule has 40 heavy (non-hydrogen) atoms. The molecular formula is C27H28ClN5O6S. The van der Waals surface area contributed by atoms with Crippen molar-refractivity contribution in [2.24, 2.45) is 0 Å². The van der Waals surface area contributed by atoms with E-state index in [-0.39, 0.29) is 32.5 Å². The Hall–Kier alpha value is -3.87. The molecule has 2 aliphatic rings. The topological polar surface area (TPSA) is 134 Å². The number of carbonyl (C=O) groups excluding carboxylic acids is 1. The minimum atomic E-state index is -4.06. The van der Waals surface area contributed by atoms with Crippen molar-refractivity contribution < 1.29 is 22.9 Å². The van der Waals surface area contributed by atoms with Crippen molar-refractivity contribution in [3.8, 4) is 0 Å². The highest BCUT2D eigenvalue weighted by Crippen LogP contribution is 2.34. The van der Waals surface area contributed by atoms with Gasteiger partial charge in [0, 0.05) is 37.8 Å². The van der Waals surface area contributed by atoms with Crippen LogP contribution >= 0.6 is 11.6 Å². The van der Waals surface area contributed by atoms with Gasteiger partial charge in [-0.05, 0) is 55.3 Å². The van der Waals surface area contributed by atoms with Crippen LogP contribution in [0.4, 0.5) is 28.4 Å². The Morgan fingerprint density at radius 2 is 1.57 bits per heavy atom. The van der Waals surface area contributed by atoms with E-state index >= 15 is 0 Å². The number of amides is 1. The molecule has 0 unspecified atom stereocenters. The van der Waals surface area contributed by atoms with E-state index in [0.717, 1.165) is 25.9 Å². The van der Waals surface area contributed by atoms with Crippen LogP contribution in [0.25, 0.3) is 0 Å². The first-order valence-corrected chi connectivity index (χ1v) is 14.7. The molecule has 2 saturated heterocycles. The number of halogens is 1. The van der Waals surface area contributed by atoms with E-state index in [1.807, 2.05) is 9.80 Å². The summed E-state index contributed by atoms with van der Waals surface area (Å²) in [5.41, 5.74) is 1.49. The van der Waals surface area contributed by atoms with Crippen LogP contribution in [0.3, 0.4) is 0 Å². The van der Waals surface area contributed by atoms with Crippen molar-refractivity contribution in [2.75, 3.05) is 59.2 Å². The lowest BCUT2D eigenvalue weighted by Gasteiger charge is -2.30. The van der Waals surface area contributed by atoms with E-state index in [2.05, 4.69) is 10.0 Å². The Morgan fingerprint density at radius 3 is 2.27 bits per heavy atom. The summed E-state index contributed by atoms with van der Waals surface area (Å²) in [6, 6.07) is 15.3. The van der Waals surface area contributed by atoms with Crippen LogP contribution in [0.2, 0.25) is 5.02 Å². The molecule has 0 radical (unpaired) electrons. The number of hydrogen-bond donors (Lipinski definition) is 2. The number of para-hydroxylation sites is 1. The van der Waals surface area contributed by atoms with Crippen LogP contribution in [0, 0.1) is 10.1 Å². The molecule has 2 N–H and O–H groups in total. The summed E-state index contributed by atoms with van der Waals surface area (Å²) >= 11 is 6.15. The Balaban J connectivity index is 1.48. The van der Waals surface area contributed by atoms with Crippen molar-refractivity contribution in [3.05, 3.63) is 81.4 Å². The van der Waals surface area contributed by atoms with E-state index in [1.165, 1.54) is 18.2 Å². The molecule has 0 bridgehead atoms. The zero-order chi connectivity index (χ0) is 28.3. The Kier molecular flexibility index (Phi) is 8.10. The van der Waals surface area contributed by atoms with Crippen LogP contribution < -0.4 is 19.8 Å². The number of morpholine rings is 1. The van der Waals surface area contributed by atoms with E-state index in [1.54, 1.807) is 42.5 Å². The van der Waals surface area contributed by atoms with Crippen molar-refractivity contribution in [2.45, 2.75) is 17.7 Å². The standard InChI is InChI=1S/C27H28ClN5O6S/c28-21-5-1-2-6-22(21)30-40(37,38)20-8-10-24(32-13-15-39-16-14-32)23(18-20)29-27(34)19-7-9-25(26(17-19)33(35)36)31-11-3-4-12-31/h1-2,5-10,17-18,30H,3-4,11-16H2,(H,29,34). The van der Waals surface area contributed by atoms with Gasteiger partial charge in [-0.1, -0.05) is 23.7 Å². The smallest absolute Gasteiger partial charge is 0.293 e. The molecule has 2 aliphatic heterocycles. The Labute approximate surface area is 236 Å². The maximum absolute atomic E-state index is 13.4. The minimum Gasteiger partial charge on any atom is -0.378 e. The Bertz CT molecular complexity index is 1540. The molecule has 0 aliphatic carbocycles. The van der Waals surface area contributed by atoms with E-state index in [0.29, 0.717) is 37.7 Å². The van der Waals surface area contributed by atoms with Gasteiger partial charge in [-0.2, -0.15) is 0 Å². The van der Waals surface area contributed by atoms with E-state index in [4.69, 9.17) is 16.3 Å². The number of rotatable bonds is 8. The Morgan fingerprint density at radius 1 is 0.900 bits per heavy atom. The number of nitro groups is 1. The van der Waals surface area contributed by atoms with Gasteiger partial charge in [-0.15, -0.1) is 0 Å². The van der Waals surface area contributed by atoms with E-state index in [9.17, 15) is 23.3 Å². The second kappa shape index (κ2) is 11.7. The third-order valence-electron chi connectivity index (χ3n) is 6.88. The lowest BCUT2D eigenvalue weighted by molar-refractivity contribution is -0.384. The number of nitro benzene ring substituents is 1. The lowest BCUT2D eigenvalue weighted by atomic mass is 10.1. The number of benzene rings is 3. The number of nitrogens with zero attached hydrogens (tertiary/aromatic N) is 3. The normalized spacial score (nSPS) is 15.6. The highest BCUT2D eigenvalue weighted by atomic mass is 35.5. The average Bonchev–Trinajstić information content (AvgIpc) is 3.49. The first-order valence-electron chi connectivity index (χ1n) is 12.8. The SMILES string of the molecule is O=C(Nc1cc(S(=O)(=O)Nc2ccccc2Cl)ccc1N1CCOCC1)c1ccc(N2CCCC2)c([N+](=O)[O-])c1. The van der Waals surface area contributed by atoms with Gasteiger partial charge >= 0.3 is 0 Å². The van der Waals surface area contributed by atoms with Crippen LogP contribution in [0.1, 0.15) is 23.2 Å². The fourth-order valence-electron chi connectivity index (χ4n) is 4.84. The summed E-state index contributed by atoms with van der Waals surface area (Å²) in [5, 5.41) is 14.9. The number of sulfonamides is 1. The van der Waals surface area contributed by atoms with Crippen molar-refractivity contribution in [3.63, 3.8) is 0 Å². The lowest BCUT2D eigenvalue weighted by Crippen LogP contribution is -2.36. The quantitative estimate of drug-likeness (QED) is 0.286. The highest BCUT2D eigenvalue weighted by Gasteiger charge is 2.26. The molecule has 0 aromatic heterocycles. The maximum atomic E-state index is 13.4. The molecule has 5 rings (SSSR count). The van der Waals surface area contributed by atoms with Gasteiger partial charge in [-0.3, -0.25) is 19.6 Å². The average molecular weight is 586 g/mol. The number of hydrogen-bond acceptors (Lipinski definition) is 8. The second-order valence-corrected chi connectivity index (χ2v) is 11.6. The number of ether oxygens (including phenoxy) is 1. The molecule has 0 saturated carbocycles. The summed E-state index contributed by atoms with van der Waals surface area (Å²) in [7, 11) is -4.06. The molecule has 11 nitrogen and oxygen atoms in total. The van der Waals surface area contributed by atoms with Gasteiger partial charge in [0.1, 0.15) is 5.69 Å². The van der Waals surface area contributed by atoms with Crippen LogP contribution in [-0.2, 0) is 14.8 Å². The number of nitrogens with one attached hydrogen (secondary N) is 2. The summed E-state index contributed by atoms with van der Waals surface area (Å²) in [6.07, 6.45) is 1.91. The summed E-state index contributed by atoms with van der Waals surface area (Å²) in [5.74, 6) is -0.598. The van der Waals surface area contributed by atoms with Gasteiger partial charge in [0.15, 0.2) is 0 Å². The van der Waals surface area contributed by atoms with E-state index < -0.39 is 20.9 Å². The molecule has 2 fully saturated rings. The zero-order valence-electron chi connectivity index (χ0n) is 21.5. The number of anilines is 4. The van der Waals surface area contributed by atoms with Gasteiger partial charge in [-0.25, -0.2) is 8.42 Å². The minimum absolute atomic E-state index is 0.0879.